The Bertz CT molecular complexity index is 545. The van der Waals surface area contributed by atoms with E-state index in [4.69, 9.17) is 10.5 Å². The predicted octanol–water partition coefficient (Wildman–Crippen LogP) is 4.02. The lowest BCUT2D eigenvalue weighted by molar-refractivity contribution is 0.336. The van der Waals surface area contributed by atoms with Gasteiger partial charge in [-0.1, -0.05) is 24.3 Å². The summed E-state index contributed by atoms with van der Waals surface area (Å²) >= 11 is 1.71. The quantitative estimate of drug-likeness (QED) is 0.645. The van der Waals surface area contributed by atoms with Crippen LogP contribution >= 0.6 is 11.8 Å². The summed E-state index contributed by atoms with van der Waals surface area (Å²) in [5.74, 6) is 1.03. The second-order valence-corrected chi connectivity index (χ2v) is 5.65. The lowest BCUT2D eigenvalue weighted by Crippen LogP contribution is -2.09. The Balaban J connectivity index is 1.89. The molecule has 0 heterocycles. The van der Waals surface area contributed by atoms with E-state index < -0.39 is 0 Å². The van der Waals surface area contributed by atoms with E-state index in [1.807, 2.05) is 25.1 Å². The molecular weight excluding hydrogens is 273 g/mol. The highest BCUT2D eigenvalue weighted by atomic mass is 32.2. The minimum atomic E-state index is -0.305. The van der Waals surface area contributed by atoms with Crippen molar-refractivity contribution in [1.29, 1.82) is 0 Å². The fraction of sp³-hybridized carbons (Fsp3) is 0.250. The lowest BCUT2D eigenvalue weighted by atomic mass is 10.1. The molecular formula is C16H18FNOS. The van der Waals surface area contributed by atoms with Crippen molar-refractivity contribution in [1.82, 2.24) is 0 Å². The second-order valence-electron chi connectivity index (χ2n) is 4.48. The van der Waals surface area contributed by atoms with Gasteiger partial charge in [-0.15, -0.1) is 11.8 Å². The lowest BCUT2D eigenvalue weighted by Gasteiger charge is -2.14. The van der Waals surface area contributed by atoms with E-state index in [0.29, 0.717) is 12.4 Å². The number of hydrogen-bond donors (Lipinski definition) is 1. The molecule has 0 aliphatic heterocycles. The van der Waals surface area contributed by atoms with Crippen molar-refractivity contribution in [3.05, 3.63) is 59.9 Å². The standard InChI is InChI=1S/C16H18FNOS/c1-12(18)15-8-7-13(17)11-16(15)19-9-10-20-14-5-3-2-4-6-14/h2-8,11-12H,9-10,18H2,1H3. The molecule has 2 aromatic rings. The average molecular weight is 291 g/mol. The van der Waals surface area contributed by atoms with Crippen LogP contribution in [0.1, 0.15) is 18.5 Å². The third-order valence-corrected chi connectivity index (χ3v) is 3.80. The molecule has 2 rings (SSSR count). The van der Waals surface area contributed by atoms with E-state index in [1.165, 1.54) is 17.0 Å². The zero-order chi connectivity index (χ0) is 14.4. The van der Waals surface area contributed by atoms with Crippen LogP contribution in [0.2, 0.25) is 0 Å². The zero-order valence-corrected chi connectivity index (χ0v) is 12.2. The SMILES string of the molecule is CC(N)c1ccc(F)cc1OCCSc1ccccc1. The predicted molar refractivity (Wildman–Crippen MR) is 81.7 cm³/mol. The maximum absolute atomic E-state index is 13.3. The maximum Gasteiger partial charge on any atom is 0.127 e. The molecule has 0 saturated carbocycles. The van der Waals surface area contributed by atoms with Crippen LogP contribution in [0.5, 0.6) is 5.75 Å². The van der Waals surface area contributed by atoms with Gasteiger partial charge in [-0.2, -0.15) is 0 Å². The Morgan fingerprint density at radius 2 is 1.95 bits per heavy atom. The molecule has 2 aromatic carbocycles. The Morgan fingerprint density at radius 1 is 1.20 bits per heavy atom. The number of ether oxygens (including phenoxy) is 1. The molecule has 0 aromatic heterocycles. The summed E-state index contributed by atoms with van der Waals surface area (Å²) in [6.45, 7) is 2.38. The summed E-state index contributed by atoms with van der Waals surface area (Å²) in [4.78, 5) is 1.20. The van der Waals surface area contributed by atoms with Crippen molar-refractivity contribution >= 4 is 11.8 Å². The van der Waals surface area contributed by atoms with Gasteiger partial charge in [0.15, 0.2) is 0 Å². The minimum absolute atomic E-state index is 0.174. The van der Waals surface area contributed by atoms with Gasteiger partial charge < -0.3 is 10.5 Å². The fourth-order valence-electron chi connectivity index (χ4n) is 1.84. The molecule has 2 N–H and O–H groups in total. The first-order chi connectivity index (χ1) is 9.66. The van der Waals surface area contributed by atoms with Gasteiger partial charge >= 0.3 is 0 Å². The third-order valence-electron chi connectivity index (χ3n) is 2.82. The van der Waals surface area contributed by atoms with Crippen molar-refractivity contribution in [3.8, 4) is 5.75 Å². The Morgan fingerprint density at radius 3 is 2.65 bits per heavy atom. The Kier molecular flexibility index (Phi) is 5.44. The summed E-state index contributed by atoms with van der Waals surface area (Å²) in [7, 11) is 0. The van der Waals surface area contributed by atoms with Gasteiger partial charge in [0.2, 0.25) is 0 Å². The highest BCUT2D eigenvalue weighted by Gasteiger charge is 2.09. The first-order valence-electron chi connectivity index (χ1n) is 6.52. The molecule has 0 radical (unpaired) electrons. The van der Waals surface area contributed by atoms with Crippen LogP contribution in [-0.4, -0.2) is 12.4 Å². The summed E-state index contributed by atoms with van der Waals surface area (Å²) in [5.41, 5.74) is 6.68. The van der Waals surface area contributed by atoms with Gasteiger partial charge in [0.25, 0.3) is 0 Å². The molecule has 0 saturated heterocycles. The normalized spacial score (nSPS) is 12.2. The van der Waals surface area contributed by atoms with E-state index in [0.717, 1.165) is 11.3 Å². The van der Waals surface area contributed by atoms with Crippen LogP contribution in [0.3, 0.4) is 0 Å². The molecule has 1 atom stereocenters. The summed E-state index contributed by atoms with van der Waals surface area (Å²) < 4.78 is 18.9. The smallest absolute Gasteiger partial charge is 0.127 e. The number of halogens is 1. The summed E-state index contributed by atoms with van der Waals surface area (Å²) in [6.07, 6.45) is 0. The molecule has 0 bridgehead atoms. The first-order valence-corrected chi connectivity index (χ1v) is 7.51. The largest absolute Gasteiger partial charge is 0.492 e. The molecule has 106 valence electrons. The molecule has 4 heteroatoms. The molecule has 0 amide bonds. The van der Waals surface area contributed by atoms with Gasteiger partial charge in [0.05, 0.1) is 6.61 Å². The fourth-order valence-corrected chi connectivity index (χ4v) is 2.59. The molecule has 1 unspecified atom stereocenters. The second kappa shape index (κ2) is 7.31. The van der Waals surface area contributed by atoms with E-state index in [2.05, 4.69) is 12.1 Å². The highest BCUT2D eigenvalue weighted by Crippen LogP contribution is 2.25. The Labute approximate surface area is 123 Å². The van der Waals surface area contributed by atoms with E-state index in [-0.39, 0.29) is 11.9 Å². The third kappa shape index (κ3) is 4.25. The molecule has 0 aliphatic rings. The number of benzene rings is 2. The highest BCUT2D eigenvalue weighted by molar-refractivity contribution is 7.99. The Hall–Kier alpha value is -1.52. The number of thioether (sulfide) groups is 1. The van der Waals surface area contributed by atoms with Crippen LogP contribution < -0.4 is 10.5 Å². The first kappa shape index (κ1) is 14.9. The van der Waals surface area contributed by atoms with Gasteiger partial charge in [-0.05, 0) is 25.1 Å². The summed E-state index contributed by atoms with van der Waals surface area (Å²) in [5, 5.41) is 0. The molecule has 2 nitrogen and oxygen atoms in total. The van der Waals surface area contributed by atoms with Crippen molar-refractivity contribution in [3.63, 3.8) is 0 Å². The van der Waals surface area contributed by atoms with Crippen LogP contribution in [-0.2, 0) is 0 Å². The maximum atomic E-state index is 13.3. The monoisotopic (exact) mass is 291 g/mol. The minimum Gasteiger partial charge on any atom is -0.492 e. The van der Waals surface area contributed by atoms with Crippen molar-refractivity contribution < 1.29 is 9.13 Å². The molecule has 20 heavy (non-hydrogen) atoms. The molecule has 0 fully saturated rings. The number of nitrogens with two attached hydrogens (primary N) is 1. The van der Waals surface area contributed by atoms with Crippen molar-refractivity contribution in [2.24, 2.45) is 5.73 Å². The topological polar surface area (TPSA) is 35.2 Å². The van der Waals surface area contributed by atoms with E-state index in [9.17, 15) is 4.39 Å². The molecule has 0 spiro atoms. The van der Waals surface area contributed by atoms with Gasteiger partial charge in [-0.25, -0.2) is 4.39 Å². The van der Waals surface area contributed by atoms with Crippen molar-refractivity contribution in [2.75, 3.05) is 12.4 Å². The average Bonchev–Trinajstić information content (AvgIpc) is 2.44. The number of rotatable bonds is 6. The van der Waals surface area contributed by atoms with Gasteiger partial charge in [0, 0.05) is 28.3 Å². The van der Waals surface area contributed by atoms with Crippen LogP contribution in [0, 0.1) is 5.82 Å². The summed E-state index contributed by atoms with van der Waals surface area (Å²) in [6, 6.07) is 14.4. The van der Waals surface area contributed by atoms with Gasteiger partial charge in [-0.3, -0.25) is 0 Å². The van der Waals surface area contributed by atoms with Gasteiger partial charge in [0.1, 0.15) is 11.6 Å². The van der Waals surface area contributed by atoms with E-state index >= 15 is 0 Å². The van der Waals surface area contributed by atoms with Crippen LogP contribution in [0.15, 0.2) is 53.4 Å². The zero-order valence-electron chi connectivity index (χ0n) is 11.4. The van der Waals surface area contributed by atoms with E-state index in [1.54, 1.807) is 17.8 Å². The van der Waals surface area contributed by atoms with Crippen LogP contribution in [0.25, 0.3) is 0 Å². The van der Waals surface area contributed by atoms with Crippen molar-refractivity contribution in [2.45, 2.75) is 17.9 Å². The molecule has 0 aliphatic carbocycles. The number of hydrogen-bond acceptors (Lipinski definition) is 3. The van der Waals surface area contributed by atoms with Crippen LogP contribution in [0.4, 0.5) is 4.39 Å².